The van der Waals surface area contributed by atoms with Gasteiger partial charge in [-0.25, -0.2) is 0 Å². The van der Waals surface area contributed by atoms with Gasteiger partial charge in [-0.15, -0.1) is 10.2 Å². The van der Waals surface area contributed by atoms with Crippen LogP contribution in [0, 0.1) is 6.92 Å². The number of hydrogen-bond acceptors (Lipinski definition) is 3. The summed E-state index contributed by atoms with van der Waals surface area (Å²) < 4.78 is 2.14. The van der Waals surface area contributed by atoms with E-state index in [2.05, 4.69) is 57.4 Å². The first-order valence-electron chi connectivity index (χ1n) is 5.51. The van der Waals surface area contributed by atoms with Crippen molar-refractivity contribution in [2.75, 3.05) is 0 Å². The smallest absolute Gasteiger partial charge is 0.194 e. The summed E-state index contributed by atoms with van der Waals surface area (Å²) in [6.45, 7) is 2.77. The van der Waals surface area contributed by atoms with Gasteiger partial charge in [0.2, 0.25) is 0 Å². The zero-order valence-corrected chi connectivity index (χ0v) is 9.83. The SMILES string of the molecule is Cc1cccc2c1ccn2Cc1nnn(C)n1. The lowest BCUT2D eigenvalue weighted by Crippen LogP contribution is -2.01. The molecule has 1 aromatic carbocycles. The molecule has 3 rings (SSSR count). The highest BCUT2D eigenvalue weighted by molar-refractivity contribution is 5.83. The average molecular weight is 227 g/mol. The molecular formula is C12H13N5. The van der Waals surface area contributed by atoms with E-state index in [1.807, 2.05) is 0 Å². The molecular weight excluding hydrogens is 214 g/mol. The van der Waals surface area contributed by atoms with Crippen molar-refractivity contribution in [1.82, 2.24) is 24.8 Å². The molecule has 0 amide bonds. The number of fused-ring (bicyclic) bond motifs is 1. The molecule has 2 aromatic heterocycles. The van der Waals surface area contributed by atoms with Gasteiger partial charge in [-0.2, -0.15) is 4.80 Å². The van der Waals surface area contributed by atoms with Crippen molar-refractivity contribution >= 4 is 10.9 Å². The van der Waals surface area contributed by atoms with Gasteiger partial charge in [0.05, 0.1) is 13.6 Å². The largest absolute Gasteiger partial charge is 0.340 e. The van der Waals surface area contributed by atoms with Gasteiger partial charge in [0.15, 0.2) is 5.82 Å². The molecule has 0 aliphatic carbocycles. The maximum Gasteiger partial charge on any atom is 0.194 e. The van der Waals surface area contributed by atoms with Gasteiger partial charge >= 0.3 is 0 Å². The fourth-order valence-electron chi connectivity index (χ4n) is 2.05. The lowest BCUT2D eigenvalue weighted by atomic mass is 10.1. The summed E-state index contributed by atoms with van der Waals surface area (Å²) in [4.78, 5) is 1.48. The normalized spacial score (nSPS) is 11.2. The van der Waals surface area contributed by atoms with Gasteiger partial charge in [-0.3, -0.25) is 0 Å². The number of tetrazole rings is 1. The van der Waals surface area contributed by atoms with Crippen molar-refractivity contribution in [1.29, 1.82) is 0 Å². The van der Waals surface area contributed by atoms with Crippen molar-refractivity contribution in [2.24, 2.45) is 7.05 Å². The van der Waals surface area contributed by atoms with Gasteiger partial charge in [0.1, 0.15) is 0 Å². The average Bonchev–Trinajstić information content (AvgIpc) is 2.88. The van der Waals surface area contributed by atoms with Crippen LogP contribution in [0.1, 0.15) is 11.4 Å². The van der Waals surface area contributed by atoms with E-state index >= 15 is 0 Å². The summed E-state index contributed by atoms with van der Waals surface area (Å²) in [7, 11) is 1.77. The van der Waals surface area contributed by atoms with Gasteiger partial charge in [-0.05, 0) is 29.8 Å². The molecule has 0 saturated heterocycles. The van der Waals surface area contributed by atoms with Crippen molar-refractivity contribution in [3.8, 4) is 0 Å². The standard InChI is InChI=1S/C12H13N5/c1-9-4-3-5-11-10(9)6-7-17(11)8-12-13-15-16(2)14-12/h3-7H,8H2,1-2H3. The Labute approximate surface area is 98.7 Å². The summed E-state index contributed by atoms with van der Waals surface area (Å²) >= 11 is 0. The lowest BCUT2D eigenvalue weighted by molar-refractivity contribution is 0.626. The minimum Gasteiger partial charge on any atom is -0.340 e. The Hall–Kier alpha value is -2.17. The first-order valence-corrected chi connectivity index (χ1v) is 5.51. The molecule has 0 aliphatic rings. The molecule has 86 valence electrons. The zero-order chi connectivity index (χ0) is 11.8. The second kappa shape index (κ2) is 3.69. The maximum atomic E-state index is 4.19. The fourth-order valence-corrected chi connectivity index (χ4v) is 2.05. The molecule has 0 N–H and O–H groups in total. The predicted molar refractivity (Wildman–Crippen MR) is 64.6 cm³/mol. The van der Waals surface area contributed by atoms with Gasteiger partial charge in [0, 0.05) is 17.1 Å². The molecule has 0 radical (unpaired) electrons. The highest BCUT2D eigenvalue weighted by Gasteiger charge is 2.06. The molecule has 0 spiro atoms. The number of hydrogen-bond donors (Lipinski definition) is 0. The molecule has 5 nitrogen and oxygen atoms in total. The van der Waals surface area contributed by atoms with E-state index in [0.717, 1.165) is 5.82 Å². The third kappa shape index (κ3) is 1.69. The number of aromatic nitrogens is 5. The lowest BCUT2D eigenvalue weighted by Gasteiger charge is -2.02. The van der Waals surface area contributed by atoms with Crippen LogP contribution in [0.15, 0.2) is 30.5 Å². The first-order chi connectivity index (χ1) is 8.24. The van der Waals surface area contributed by atoms with Crippen molar-refractivity contribution in [3.05, 3.63) is 41.9 Å². The van der Waals surface area contributed by atoms with Crippen LogP contribution in [0.4, 0.5) is 0 Å². The van der Waals surface area contributed by atoms with Crippen LogP contribution in [-0.2, 0) is 13.6 Å². The molecule has 0 unspecified atom stereocenters. The van der Waals surface area contributed by atoms with E-state index in [1.165, 1.54) is 21.3 Å². The monoisotopic (exact) mass is 227 g/mol. The molecule has 0 saturated carbocycles. The van der Waals surface area contributed by atoms with Gasteiger partial charge < -0.3 is 4.57 Å². The van der Waals surface area contributed by atoms with Crippen LogP contribution < -0.4 is 0 Å². The van der Waals surface area contributed by atoms with E-state index in [1.54, 1.807) is 7.05 Å². The van der Waals surface area contributed by atoms with E-state index < -0.39 is 0 Å². The van der Waals surface area contributed by atoms with Crippen LogP contribution in [0.25, 0.3) is 10.9 Å². The zero-order valence-electron chi connectivity index (χ0n) is 9.83. The number of aryl methyl sites for hydroxylation is 2. The summed E-state index contributed by atoms with van der Waals surface area (Å²) in [5.41, 5.74) is 2.49. The number of rotatable bonds is 2. The molecule has 2 heterocycles. The van der Waals surface area contributed by atoms with Crippen LogP contribution in [0.2, 0.25) is 0 Å². The molecule has 3 aromatic rings. The Kier molecular flexibility index (Phi) is 2.18. The highest BCUT2D eigenvalue weighted by atomic mass is 15.6. The minimum atomic E-state index is 0.654. The molecule has 0 atom stereocenters. The quantitative estimate of drug-likeness (QED) is 0.667. The van der Waals surface area contributed by atoms with Crippen LogP contribution >= 0.6 is 0 Å². The molecule has 0 aliphatic heterocycles. The summed E-state index contributed by atoms with van der Waals surface area (Å²) in [6.07, 6.45) is 2.06. The maximum absolute atomic E-state index is 4.19. The Balaban J connectivity index is 2.04. The highest BCUT2D eigenvalue weighted by Crippen LogP contribution is 2.19. The molecule has 5 heteroatoms. The Bertz CT molecular complexity index is 664. The van der Waals surface area contributed by atoms with Crippen molar-refractivity contribution in [3.63, 3.8) is 0 Å². The first kappa shape index (κ1) is 10.0. The van der Waals surface area contributed by atoms with Gasteiger partial charge in [0.25, 0.3) is 0 Å². The van der Waals surface area contributed by atoms with E-state index in [4.69, 9.17) is 0 Å². The summed E-state index contributed by atoms with van der Waals surface area (Å²) in [5.74, 6) is 0.728. The predicted octanol–water partition coefficient (Wildman–Crippen LogP) is 1.52. The second-order valence-corrected chi connectivity index (χ2v) is 4.15. The van der Waals surface area contributed by atoms with Crippen LogP contribution in [-0.4, -0.2) is 24.8 Å². The Morgan fingerprint density at radius 3 is 2.88 bits per heavy atom. The summed E-state index contributed by atoms with van der Waals surface area (Å²) in [6, 6.07) is 8.42. The van der Waals surface area contributed by atoms with Gasteiger partial charge in [-0.1, -0.05) is 12.1 Å². The Morgan fingerprint density at radius 1 is 1.24 bits per heavy atom. The summed E-state index contributed by atoms with van der Waals surface area (Å²) in [5, 5.41) is 13.3. The van der Waals surface area contributed by atoms with E-state index in [-0.39, 0.29) is 0 Å². The number of benzene rings is 1. The minimum absolute atomic E-state index is 0.654. The van der Waals surface area contributed by atoms with Crippen LogP contribution in [0.5, 0.6) is 0 Å². The van der Waals surface area contributed by atoms with Crippen molar-refractivity contribution < 1.29 is 0 Å². The van der Waals surface area contributed by atoms with Crippen molar-refractivity contribution in [2.45, 2.75) is 13.5 Å². The van der Waals surface area contributed by atoms with E-state index in [0.29, 0.717) is 6.54 Å². The Morgan fingerprint density at radius 2 is 2.12 bits per heavy atom. The molecule has 0 bridgehead atoms. The van der Waals surface area contributed by atoms with Crippen LogP contribution in [0.3, 0.4) is 0 Å². The molecule has 0 fully saturated rings. The van der Waals surface area contributed by atoms with E-state index in [9.17, 15) is 0 Å². The second-order valence-electron chi connectivity index (χ2n) is 4.15. The topological polar surface area (TPSA) is 48.5 Å². The third-order valence-corrected chi connectivity index (χ3v) is 2.89. The molecule has 17 heavy (non-hydrogen) atoms. The number of nitrogens with zero attached hydrogens (tertiary/aromatic N) is 5. The third-order valence-electron chi connectivity index (χ3n) is 2.89. The fraction of sp³-hybridized carbons (Fsp3) is 0.250.